The van der Waals surface area contributed by atoms with Gasteiger partial charge >= 0.3 is 0 Å². The first-order chi connectivity index (χ1) is 11.2. The van der Waals surface area contributed by atoms with Crippen LogP contribution in [-0.2, 0) is 17.6 Å². The van der Waals surface area contributed by atoms with Crippen molar-refractivity contribution in [1.29, 1.82) is 0 Å². The zero-order valence-corrected chi connectivity index (χ0v) is 14.2. The molecule has 5 nitrogen and oxygen atoms in total. The summed E-state index contributed by atoms with van der Waals surface area (Å²) in [5.41, 5.74) is 1.11. The lowest BCUT2D eigenvalue weighted by Gasteiger charge is -2.37. The lowest BCUT2D eigenvalue weighted by Crippen LogP contribution is -2.54. The summed E-state index contributed by atoms with van der Waals surface area (Å²) in [4.78, 5) is 34.7. The van der Waals surface area contributed by atoms with Gasteiger partial charge in [0.1, 0.15) is 6.54 Å². The van der Waals surface area contributed by atoms with Crippen molar-refractivity contribution in [3.8, 4) is 0 Å². The van der Waals surface area contributed by atoms with Gasteiger partial charge in [0.05, 0.1) is 5.69 Å². The van der Waals surface area contributed by atoms with E-state index in [0.717, 1.165) is 31.4 Å². The van der Waals surface area contributed by atoms with Crippen LogP contribution in [0.1, 0.15) is 58.9 Å². The minimum atomic E-state index is -0.0520. The molecule has 124 valence electrons. The van der Waals surface area contributed by atoms with Crippen LogP contribution in [0.2, 0.25) is 0 Å². The molecule has 0 aromatic carbocycles. The minimum Gasteiger partial charge on any atom is -0.336 e. The maximum Gasteiger partial charge on any atom is 0.283 e. The van der Waals surface area contributed by atoms with Gasteiger partial charge < -0.3 is 9.80 Å². The number of rotatable bonds is 2. The molecule has 0 atom stereocenters. The molecule has 1 aromatic rings. The Morgan fingerprint density at radius 3 is 2.61 bits per heavy atom. The quantitative estimate of drug-likeness (QED) is 0.834. The summed E-state index contributed by atoms with van der Waals surface area (Å²) in [5.74, 6) is 0.0571. The topological polar surface area (TPSA) is 53.5 Å². The van der Waals surface area contributed by atoms with Crippen molar-refractivity contribution in [2.45, 2.75) is 57.4 Å². The van der Waals surface area contributed by atoms with E-state index in [1.165, 1.54) is 41.9 Å². The Hall–Kier alpha value is -1.43. The third kappa shape index (κ3) is 2.89. The molecule has 2 fully saturated rings. The first-order valence-electron chi connectivity index (χ1n) is 8.79. The van der Waals surface area contributed by atoms with E-state index in [0.29, 0.717) is 24.1 Å². The van der Waals surface area contributed by atoms with Gasteiger partial charge in [-0.25, -0.2) is 4.98 Å². The van der Waals surface area contributed by atoms with Crippen molar-refractivity contribution >= 4 is 23.2 Å². The van der Waals surface area contributed by atoms with E-state index in [1.807, 2.05) is 4.90 Å². The number of hydrogen-bond donors (Lipinski definition) is 0. The Morgan fingerprint density at radius 1 is 1.09 bits per heavy atom. The van der Waals surface area contributed by atoms with E-state index in [9.17, 15) is 9.59 Å². The summed E-state index contributed by atoms with van der Waals surface area (Å²) < 4.78 is 0. The summed E-state index contributed by atoms with van der Waals surface area (Å²) >= 11 is 1.54. The van der Waals surface area contributed by atoms with E-state index >= 15 is 0 Å². The third-order valence-corrected chi connectivity index (χ3v) is 6.48. The standard InChI is InChI=1S/C17H23N3O2S/c21-15-11-19(9-10-20(15)12-5-1-2-6-12)17(22)16-18-13-7-3-4-8-14(13)23-16/h12H,1-11H2. The molecule has 2 aliphatic carbocycles. The van der Waals surface area contributed by atoms with Crippen LogP contribution in [0.5, 0.6) is 0 Å². The van der Waals surface area contributed by atoms with Crippen LogP contribution in [-0.4, -0.2) is 52.3 Å². The highest BCUT2D eigenvalue weighted by molar-refractivity contribution is 7.13. The average molecular weight is 333 g/mol. The Labute approximate surface area is 140 Å². The summed E-state index contributed by atoms with van der Waals surface area (Å²) in [6, 6.07) is 0.409. The van der Waals surface area contributed by atoms with Gasteiger partial charge in [0, 0.05) is 24.0 Å². The van der Waals surface area contributed by atoms with E-state index in [-0.39, 0.29) is 18.4 Å². The molecule has 0 unspecified atom stereocenters. The van der Waals surface area contributed by atoms with Crippen molar-refractivity contribution in [3.05, 3.63) is 15.6 Å². The van der Waals surface area contributed by atoms with Crippen LogP contribution in [0, 0.1) is 0 Å². The number of nitrogens with zero attached hydrogens (tertiary/aromatic N) is 3. The number of thiazole rings is 1. The fraction of sp³-hybridized carbons (Fsp3) is 0.706. The first-order valence-corrected chi connectivity index (χ1v) is 9.61. The van der Waals surface area contributed by atoms with Crippen LogP contribution in [0.4, 0.5) is 0 Å². The van der Waals surface area contributed by atoms with E-state index < -0.39 is 0 Å². The summed E-state index contributed by atoms with van der Waals surface area (Å²) in [6.07, 6.45) is 9.10. The molecule has 1 aromatic heterocycles. The van der Waals surface area contributed by atoms with Gasteiger partial charge in [-0.3, -0.25) is 9.59 Å². The monoisotopic (exact) mass is 333 g/mol. The number of fused-ring (bicyclic) bond motifs is 1. The number of piperazine rings is 1. The normalized spacial score (nSPS) is 22.5. The van der Waals surface area contributed by atoms with Crippen molar-refractivity contribution in [1.82, 2.24) is 14.8 Å². The highest BCUT2D eigenvalue weighted by atomic mass is 32.1. The second-order valence-electron chi connectivity index (χ2n) is 6.85. The molecule has 0 N–H and O–H groups in total. The molecule has 0 radical (unpaired) electrons. The zero-order valence-electron chi connectivity index (χ0n) is 13.4. The Balaban J connectivity index is 1.43. The van der Waals surface area contributed by atoms with Crippen LogP contribution in [0.3, 0.4) is 0 Å². The van der Waals surface area contributed by atoms with Gasteiger partial charge in [-0.15, -0.1) is 11.3 Å². The number of aryl methyl sites for hydroxylation is 2. The number of amides is 2. The summed E-state index contributed by atoms with van der Waals surface area (Å²) in [6.45, 7) is 1.55. The predicted molar refractivity (Wildman–Crippen MR) is 88.6 cm³/mol. The number of carbonyl (C=O) groups excluding carboxylic acids is 2. The Morgan fingerprint density at radius 2 is 1.87 bits per heavy atom. The number of carbonyl (C=O) groups is 2. The fourth-order valence-electron chi connectivity index (χ4n) is 4.04. The molecule has 6 heteroatoms. The zero-order chi connectivity index (χ0) is 15.8. The minimum absolute atomic E-state index is 0.0520. The maximum atomic E-state index is 12.7. The molecule has 23 heavy (non-hydrogen) atoms. The van der Waals surface area contributed by atoms with E-state index in [2.05, 4.69) is 4.98 Å². The van der Waals surface area contributed by atoms with Crippen LogP contribution < -0.4 is 0 Å². The molecule has 0 spiro atoms. The average Bonchev–Trinajstić information content (AvgIpc) is 3.23. The maximum absolute atomic E-state index is 12.7. The van der Waals surface area contributed by atoms with Crippen LogP contribution >= 0.6 is 11.3 Å². The Bertz CT molecular complexity index is 598. The largest absolute Gasteiger partial charge is 0.336 e. The Kier molecular flexibility index (Phi) is 4.09. The summed E-state index contributed by atoms with van der Waals surface area (Å²) in [7, 11) is 0. The lowest BCUT2D eigenvalue weighted by molar-refractivity contribution is -0.137. The molecule has 1 saturated heterocycles. The van der Waals surface area contributed by atoms with Crippen molar-refractivity contribution in [2.24, 2.45) is 0 Å². The summed E-state index contributed by atoms with van der Waals surface area (Å²) in [5, 5.41) is 0.582. The molecule has 3 aliphatic rings. The first kappa shape index (κ1) is 15.1. The molecule has 1 saturated carbocycles. The highest BCUT2D eigenvalue weighted by Gasteiger charge is 2.34. The molecular weight excluding hydrogens is 310 g/mol. The third-order valence-electron chi connectivity index (χ3n) is 5.34. The highest BCUT2D eigenvalue weighted by Crippen LogP contribution is 2.28. The van der Waals surface area contributed by atoms with Crippen molar-refractivity contribution in [3.63, 3.8) is 0 Å². The second-order valence-corrected chi connectivity index (χ2v) is 7.93. The SMILES string of the molecule is O=C(c1nc2c(s1)CCCC2)N1CCN(C2CCCC2)C(=O)C1. The molecule has 0 bridgehead atoms. The van der Waals surface area contributed by atoms with Gasteiger partial charge in [0.15, 0.2) is 5.01 Å². The van der Waals surface area contributed by atoms with Gasteiger partial charge in [0.2, 0.25) is 5.91 Å². The van der Waals surface area contributed by atoms with Gasteiger partial charge in [-0.2, -0.15) is 0 Å². The molecular formula is C17H23N3O2S. The molecule has 4 rings (SSSR count). The second kappa shape index (κ2) is 6.23. The fourth-order valence-corrected chi connectivity index (χ4v) is 5.16. The van der Waals surface area contributed by atoms with E-state index in [4.69, 9.17) is 0 Å². The number of hydrogen-bond acceptors (Lipinski definition) is 4. The smallest absolute Gasteiger partial charge is 0.283 e. The molecule has 1 aliphatic heterocycles. The van der Waals surface area contributed by atoms with Gasteiger partial charge in [-0.05, 0) is 38.5 Å². The lowest BCUT2D eigenvalue weighted by atomic mass is 10.0. The van der Waals surface area contributed by atoms with E-state index in [1.54, 1.807) is 4.90 Å². The van der Waals surface area contributed by atoms with Crippen molar-refractivity contribution in [2.75, 3.05) is 19.6 Å². The van der Waals surface area contributed by atoms with Crippen LogP contribution in [0.25, 0.3) is 0 Å². The van der Waals surface area contributed by atoms with Crippen molar-refractivity contribution < 1.29 is 9.59 Å². The molecule has 2 amide bonds. The van der Waals surface area contributed by atoms with Gasteiger partial charge in [-0.1, -0.05) is 12.8 Å². The predicted octanol–water partition coefficient (Wildman–Crippen LogP) is 2.25. The van der Waals surface area contributed by atoms with Crippen LogP contribution in [0.15, 0.2) is 0 Å². The number of aromatic nitrogens is 1. The van der Waals surface area contributed by atoms with Gasteiger partial charge in [0.25, 0.3) is 5.91 Å². The molecule has 2 heterocycles.